The molecule has 27 heavy (non-hydrogen) atoms. The second kappa shape index (κ2) is 7.43. The highest BCUT2D eigenvalue weighted by molar-refractivity contribution is 7.10. The Bertz CT molecular complexity index is 1070. The van der Waals surface area contributed by atoms with E-state index in [1.807, 2.05) is 72.1 Å². The minimum atomic E-state index is -0.519. The smallest absolute Gasteiger partial charge is 0.289 e. The number of methoxy groups -OCH3 is 1. The number of hydrogen-bond donors (Lipinski definition) is 0. The Morgan fingerprint density at radius 3 is 2.59 bits per heavy atom. The molecule has 0 saturated carbocycles. The number of benzene rings is 2. The van der Waals surface area contributed by atoms with E-state index in [2.05, 4.69) is 10.3 Å². The molecule has 0 radical (unpaired) electrons. The van der Waals surface area contributed by atoms with Gasteiger partial charge in [-0.2, -0.15) is 0 Å². The van der Waals surface area contributed by atoms with E-state index in [1.54, 1.807) is 7.11 Å². The van der Waals surface area contributed by atoms with Crippen LogP contribution >= 0.6 is 11.3 Å². The largest absolute Gasteiger partial charge is 0.539 e. The van der Waals surface area contributed by atoms with Crippen LogP contribution < -0.4 is 14.5 Å². The molecular weight excluding hydrogens is 362 g/mol. The van der Waals surface area contributed by atoms with Crippen LogP contribution in [0.5, 0.6) is 11.7 Å². The van der Waals surface area contributed by atoms with Crippen LogP contribution in [0.25, 0.3) is 29.2 Å². The molecule has 2 heterocycles. The zero-order valence-corrected chi connectivity index (χ0v) is 15.2. The quantitative estimate of drug-likeness (QED) is 0.499. The molecule has 0 spiro atoms. The molecule has 6 nitrogen and oxygen atoms in total. The fourth-order valence-electron chi connectivity index (χ4n) is 2.56. The number of para-hydroxylation sites is 1. The third-order valence-corrected chi connectivity index (χ3v) is 4.72. The van der Waals surface area contributed by atoms with Gasteiger partial charge in [-0.05, 0) is 28.5 Å². The molecule has 7 heteroatoms. The molecule has 0 amide bonds. The summed E-state index contributed by atoms with van der Waals surface area (Å²) in [7, 11) is 1.64. The first-order valence-corrected chi connectivity index (χ1v) is 9.05. The van der Waals surface area contributed by atoms with Crippen LogP contribution in [0.4, 0.5) is 0 Å². The lowest BCUT2D eigenvalue weighted by molar-refractivity contribution is -0.660. The minimum absolute atomic E-state index is 0.307. The van der Waals surface area contributed by atoms with Crippen molar-refractivity contribution in [2.45, 2.75) is 0 Å². The van der Waals surface area contributed by atoms with Crippen LogP contribution in [-0.4, -0.2) is 17.4 Å². The number of aromatic nitrogens is 3. The van der Waals surface area contributed by atoms with E-state index < -0.39 is 5.95 Å². The maximum absolute atomic E-state index is 12.1. The number of thiazole rings is 1. The molecule has 0 aliphatic rings. The second-order valence-corrected chi connectivity index (χ2v) is 6.52. The van der Waals surface area contributed by atoms with Crippen molar-refractivity contribution < 1.29 is 19.0 Å². The Labute approximate surface area is 159 Å². The molecule has 2 aromatic heterocycles. The molecule has 0 fully saturated rings. The molecule has 4 aromatic rings. The predicted molar refractivity (Wildman–Crippen MR) is 101 cm³/mol. The van der Waals surface area contributed by atoms with E-state index in [4.69, 9.17) is 9.26 Å². The van der Waals surface area contributed by atoms with E-state index in [0.717, 1.165) is 22.0 Å². The molecule has 0 aliphatic carbocycles. The average molecular weight is 377 g/mol. The predicted octanol–water partition coefficient (Wildman–Crippen LogP) is 3.33. The van der Waals surface area contributed by atoms with Crippen molar-refractivity contribution >= 4 is 23.5 Å². The Hall–Kier alpha value is -3.45. The van der Waals surface area contributed by atoms with Gasteiger partial charge in [0, 0.05) is 17.5 Å². The summed E-state index contributed by atoms with van der Waals surface area (Å²) in [6, 6.07) is 17.1. The molecule has 0 N–H and O–H groups in total. The molecule has 2 aromatic carbocycles. The second-order valence-electron chi connectivity index (χ2n) is 5.63. The van der Waals surface area contributed by atoms with Crippen molar-refractivity contribution in [1.29, 1.82) is 0 Å². The average Bonchev–Trinajstić information content (AvgIpc) is 3.33. The topological polar surface area (TPSA) is 75.1 Å². The maximum Gasteiger partial charge on any atom is 0.289 e. The maximum atomic E-state index is 12.1. The first-order valence-electron chi connectivity index (χ1n) is 8.17. The normalized spacial score (nSPS) is 11.1. The molecule has 0 bridgehead atoms. The van der Waals surface area contributed by atoms with Gasteiger partial charge in [-0.3, -0.25) is 0 Å². The van der Waals surface area contributed by atoms with Crippen LogP contribution in [0.15, 0.2) is 64.5 Å². The van der Waals surface area contributed by atoms with Gasteiger partial charge in [0.1, 0.15) is 10.8 Å². The summed E-state index contributed by atoms with van der Waals surface area (Å²) in [5, 5.41) is 18.6. The van der Waals surface area contributed by atoms with Crippen LogP contribution in [0.2, 0.25) is 0 Å². The van der Waals surface area contributed by atoms with E-state index in [1.165, 1.54) is 16.0 Å². The fraction of sp³-hybridized carbons (Fsp3) is 0.0500. The fourth-order valence-corrected chi connectivity index (χ4v) is 3.26. The highest BCUT2D eigenvalue weighted by atomic mass is 32.1. The Morgan fingerprint density at radius 1 is 1.07 bits per heavy atom. The van der Waals surface area contributed by atoms with Crippen LogP contribution in [0, 0.1) is 0 Å². The SMILES string of the molecule is COc1ccc(/C=C/c2nc(-c3c([O-])on[n+]3-c3ccccc3)cs2)cc1. The van der Waals surface area contributed by atoms with E-state index in [0.29, 0.717) is 11.4 Å². The van der Waals surface area contributed by atoms with Gasteiger partial charge in [0.05, 0.1) is 12.4 Å². The summed E-state index contributed by atoms with van der Waals surface area (Å²) in [5.41, 5.74) is 2.61. The number of ether oxygens (including phenoxy) is 1. The van der Waals surface area contributed by atoms with Gasteiger partial charge in [0.25, 0.3) is 5.69 Å². The van der Waals surface area contributed by atoms with E-state index >= 15 is 0 Å². The van der Waals surface area contributed by atoms with Gasteiger partial charge in [-0.25, -0.2) is 4.98 Å². The van der Waals surface area contributed by atoms with Crippen molar-refractivity contribution in [1.82, 2.24) is 10.3 Å². The van der Waals surface area contributed by atoms with Crippen molar-refractivity contribution in [2.24, 2.45) is 0 Å². The van der Waals surface area contributed by atoms with Crippen LogP contribution in [0.3, 0.4) is 0 Å². The first-order chi connectivity index (χ1) is 13.2. The number of nitrogens with zero attached hydrogens (tertiary/aromatic N) is 3. The lowest BCUT2D eigenvalue weighted by Gasteiger charge is -1.98. The van der Waals surface area contributed by atoms with Gasteiger partial charge < -0.3 is 14.4 Å². The van der Waals surface area contributed by atoms with Crippen molar-refractivity contribution in [3.8, 4) is 28.8 Å². The Balaban J connectivity index is 1.61. The number of rotatable bonds is 5. The van der Waals surface area contributed by atoms with E-state index in [9.17, 15) is 5.11 Å². The molecule has 0 unspecified atom stereocenters. The standard InChI is InChI=1S/C20H15N3O3S/c1-25-16-10-7-14(8-11-16)9-12-18-21-17(13-27-18)19-20(24)26-22-23(19)15-5-3-2-4-6-15/h2-13H,1H3/b12-9+. The molecule has 0 aliphatic heterocycles. The third kappa shape index (κ3) is 3.58. The first kappa shape index (κ1) is 17.0. The van der Waals surface area contributed by atoms with Crippen LogP contribution in [-0.2, 0) is 0 Å². The zero-order valence-electron chi connectivity index (χ0n) is 14.4. The van der Waals surface area contributed by atoms with Gasteiger partial charge in [0.15, 0.2) is 11.6 Å². The van der Waals surface area contributed by atoms with Crippen molar-refractivity contribution in [3.63, 3.8) is 0 Å². The molecule has 0 saturated heterocycles. The van der Waals surface area contributed by atoms with Gasteiger partial charge >= 0.3 is 0 Å². The summed E-state index contributed by atoms with van der Waals surface area (Å²) in [6.45, 7) is 0. The molecular formula is C20H15N3O3S. The zero-order chi connectivity index (χ0) is 18.6. The summed E-state index contributed by atoms with van der Waals surface area (Å²) in [6.07, 6.45) is 3.86. The summed E-state index contributed by atoms with van der Waals surface area (Å²) < 4.78 is 11.5. The van der Waals surface area contributed by atoms with Crippen molar-refractivity contribution in [3.05, 3.63) is 70.5 Å². The van der Waals surface area contributed by atoms with Gasteiger partial charge in [-0.15, -0.1) is 11.3 Å². The van der Waals surface area contributed by atoms with Crippen molar-refractivity contribution in [2.75, 3.05) is 7.11 Å². The van der Waals surface area contributed by atoms with Crippen LogP contribution in [0.1, 0.15) is 10.6 Å². The van der Waals surface area contributed by atoms with E-state index in [-0.39, 0.29) is 0 Å². The van der Waals surface area contributed by atoms with Gasteiger partial charge in [-0.1, -0.05) is 36.4 Å². The monoisotopic (exact) mass is 377 g/mol. The molecule has 4 rings (SSSR count). The lowest BCUT2D eigenvalue weighted by atomic mass is 10.2. The molecule has 134 valence electrons. The third-order valence-electron chi connectivity index (χ3n) is 3.91. The minimum Gasteiger partial charge on any atom is -0.539 e. The summed E-state index contributed by atoms with van der Waals surface area (Å²) in [4.78, 5) is 4.53. The Morgan fingerprint density at radius 2 is 1.85 bits per heavy atom. The Kier molecular flexibility index (Phi) is 4.67. The lowest BCUT2D eigenvalue weighted by Crippen LogP contribution is -2.34. The number of hydrogen-bond acceptors (Lipinski definition) is 6. The summed E-state index contributed by atoms with van der Waals surface area (Å²) >= 11 is 1.44. The highest BCUT2D eigenvalue weighted by Gasteiger charge is 2.24. The van der Waals surface area contributed by atoms with Gasteiger partial charge in [0.2, 0.25) is 5.69 Å². The highest BCUT2D eigenvalue weighted by Crippen LogP contribution is 2.26. The molecule has 0 atom stereocenters. The summed E-state index contributed by atoms with van der Waals surface area (Å²) in [5.74, 6) is 0.291.